The predicted octanol–water partition coefficient (Wildman–Crippen LogP) is 0.734. The molecule has 7 heteroatoms. The maximum absolute atomic E-state index is 12.2. The summed E-state index contributed by atoms with van der Waals surface area (Å²) in [4.78, 5) is 0. The lowest BCUT2D eigenvalue weighted by molar-refractivity contribution is 0.169. The first-order valence-electron chi connectivity index (χ1n) is 7.03. The molecule has 2 N–H and O–H groups in total. The van der Waals surface area contributed by atoms with E-state index in [4.69, 9.17) is 9.84 Å². The van der Waals surface area contributed by atoms with Crippen LogP contribution >= 0.6 is 0 Å². The highest BCUT2D eigenvalue weighted by Crippen LogP contribution is 2.19. The third-order valence-corrected chi connectivity index (χ3v) is 5.32. The van der Waals surface area contributed by atoms with Crippen molar-refractivity contribution in [3.63, 3.8) is 0 Å². The van der Waals surface area contributed by atoms with E-state index in [2.05, 4.69) is 4.72 Å². The SMILES string of the molecule is COc1cccc(CNS(=O)(=O)N2CCC(CO)CC2)c1. The number of methoxy groups -OCH3 is 1. The molecule has 1 aliphatic heterocycles. The molecule has 21 heavy (non-hydrogen) atoms. The molecule has 2 rings (SSSR count). The monoisotopic (exact) mass is 314 g/mol. The molecule has 0 atom stereocenters. The second-order valence-corrected chi connectivity index (χ2v) is 6.96. The van der Waals surface area contributed by atoms with Crippen LogP contribution in [0.3, 0.4) is 0 Å². The summed E-state index contributed by atoms with van der Waals surface area (Å²) >= 11 is 0. The quantitative estimate of drug-likeness (QED) is 0.811. The van der Waals surface area contributed by atoms with Gasteiger partial charge in [-0.25, -0.2) is 0 Å². The minimum absolute atomic E-state index is 0.130. The zero-order valence-corrected chi connectivity index (χ0v) is 13.0. The first-order chi connectivity index (χ1) is 10.0. The third kappa shape index (κ3) is 4.41. The Morgan fingerprint density at radius 1 is 1.38 bits per heavy atom. The molecule has 0 aliphatic carbocycles. The van der Waals surface area contributed by atoms with E-state index >= 15 is 0 Å². The predicted molar refractivity (Wildman–Crippen MR) is 80.1 cm³/mol. The number of aliphatic hydroxyl groups excluding tert-OH is 1. The molecular formula is C14H22N2O4S. The van der Waals surface area contributed by atoms with E-state index in [9.17, 15) is 8.42 Å². The summed E-state index contributed by atoms with van der Waals surface area (Å²) in [5.74, 6) is 0.922. The Morgan fingerprint density at radius 3 is 2.71 bits per heavy atom. The Bertz CT molecular complexity index is 554. The number of piperidine rings is 1. The van der Waals surface area contributed by atoms with E-state index in [1.165, 1.54) is 4.31 Å². The summed E-state index contributed by atoms with van der Waals surface area (Å²) in [5.41, 5.74) is 0.850. The zero-order chi connectivity index (χ0) is 15.3. The van der Waals surface area contributed by atoms with E-state index in [1.54, 1.807) is 13.2 Å². The fourth-order valence-electron chi connectivity index (χ4n) is 2.38. The van der Waals surface area contributed by atoms with Crippen LogP contribution < -0.4 is 9.46 Å². The number of benzene rings is 1. The van der Waals surface area contributed by atoms with Crippen LogP contribution in [0.5, 0.6) is 5.75 Å². The lowest BCUT2D eigenvalue weighted by atomic mass is 10.00. The topological polar surface area (TPSA) is 78.9 Å². The minimum atomic E-state index is -3.47. The summed E-state index contributed by atoms with van der Waals surface area (Å²) in [7, 11) is -1.89. The second-order valence-electron chi connectivity index (χ2n) is 5.20. The summed E-state index contributed by atoms with van der Waals surface area (Å²) in [6, 6.07) is 7.30. The van der Waals surface area contributed by atoms with Crippen LogP contribution in [0.4, 0.5) is 0 Å². The molecule has 0 spiro atoms. The van der Waals surface area contributed by atoms with Gasteiger partial charge in [-0.1, -0.05) is 12.1 Å². The van der Waals surface area contributed by atoms with Gasteiger partial charge < -0.3 is 9.84 Å². The largest absolute Gasteiger partial charge is 0.497 e. The van der Waals surface area contributed by atoms with Crippen LogP contribution in [0.15, 0.2) is 24.3 Å². The molecule has 0 saturated carbocycles. The van der Waals surface area contributed by atoms with Gasteiger partial charge in [-0.3, -0.25) is 0 Å². The van der Waals surface area contributed by atoms with Crippen molar-refractivity contribution in [1.29, 1.82) is 0 Å². The van der Waals surface area contributed by atoms with Crippen molar-refractivity contribution in [3.8, 4) is 5.75 Å². The lowest BCUT2D eigenvalue weighted by Crippen LogP contribution is -2.45. The van der Waals surface area contributed by atoms with Crippen molar-refractivity contribution in [2.75, 3.05) is 26.8 Å². The number of aliphatic hydroxyl groups is 1. The average molecular weight is 314 g/mol. The van der Waals surface area contributed by atoms with Crippen molar-refractivity contribution in [1.82, 2.24) is 9.03 Å². The van der Waals surface area contributed by atoms with Gasteiger partial charge in [0.2, 0.25) is 0 Å². The van der Waals surface area contributed by atoms with Gasteiger partial charge in [0.15, 0.2) is 0 Å². The first-order valence-corrected chi connectivity index (χ1v) is 8.47. The summed E-state index contributed by atoms with van der Waals surface area (Å²) in [6.07, 6.45) is 1.41. The summed E-state index contributed by atoms with van der Waals surface area (Å²) in [6.45, 7) is 1.28. The van der Waals surface area contributed by atoms with Crippen LogP contribution in [0.1, 0.15) is 18.4 Å². The Morgan fingerprint density at radius 2 is 2.10 bits per heavy atom. The molecule has 1 saturated heterocycles. The Kier molecular flexibility index (Phi) is 5.58. The van der Waals surface area contributed by atoms with Crippen LogP contribution in [-0.2, 0) is 16.8 Å². The molecular weight excluding hydrogens is 292 g/mol. The van der Waals surface area contributed by atoms with E-state index in [0.29, 0.717) is 31.7 Å². The van der Waals surface area contributed by atoms with Crippen molar-refractivity contribution in [3.05, 3.63) is 29.8 Å². The Labute approximate surface area is 125 Å². The van der Waals surface area contributed by atoms with E-state index in [1.807, 2.05) is 18.2 Å². The third-order valence-electron chi connectivity index (χ3n) is 3.76. The minimum Gasteiger partial charge on any atom is -0.497 e. The van der Waals surface area contributed by atoms with Crippen molar-refractivity contribution in [2.45, 2.75) is 19.4 Å². The van der Waals surface area contributed by atoms with Gasteiger partial charge >= 0.3 is 0 Å². The number of nitrogens with one attached hydrogen (secondary N) is 1. The Balaban J connectivity index is 1.92. The van der Waals surface area contributed by atoms with Crippen molar-refractivity contribution in [2.24, 2.45) is 5.92 Å². The van der Waals surface area contributed by atoms with Crippen LogP contribution in [0, 0.1) is 5.92 Å². The highest BCUT2D eigenvalue weighted by Gasteiger charge is 2.27. The maximum Gasteiger partial charge on any atom is 0.279 e. The summed E-state index contributed by atoms with van der Waals surface area (Å²) < 4.78 is 33.6. The maximum atomic E-state index is 12.2. The molecule has 0 radical (unpaired) electrons. The fourth-order valence-corrected chi connectivity index (χ4v) is 3.60. The lowest BCUT2D eigenvalue weighted by Gasteiger charge is -2.30. The van der Waals surface area contributed by atoms with E-state index in [-0.39, 0.29) is 19.1 Å². The average Bonchev–Trinajstić information content (AvgIpc) is 2.53. The highest BCUT2D eigenvalue weighted by atomic mass is 32.2. The number of hydrogen-bond acceptors (Lipinski definition) is 4. The smallest absolute Gasteiger partial charge is 0.279 e. The van der Waals surface area contributed by atoms with Crippen LogP contribution in [0.25, 0.3) is 0 Å². The number of nitrogens with zero attached hydrogens (tertiary/aromatic N) is 1. The zero-order valence-electron chi connectivity index (χ0n) is 12.2. The van der Waals surface area contributed by atoms with Crippen molar-refractivity contribution < 1.29 is 18.3 Å². The molecule has 0 unspecified atom stereocenters. The van der Waals surface area contributed by atoms with E-state index < -0.39 is 10.2 Å². The van der Waals surface area contributed by atoms with Gasteiger partial charge in [0.25, 0.3) is 10.2 Å². The Hall–Kier alpha value is -1.15. The number of rotatable bonds is 6. The highest BCUT2D eigenvalue weighted by molar-refractivity contribution is 7.87. The van der Waals surface area contributed by atoms with Gasteiger partial charge in [-0.2, -0.15) is 17.4 Å². The molecule has 1 aromatic rings. The molecule has 0 amide bonds. The fraction of sp³-hybridized carbons (Fsp3) is 0.571. The standard InChI is InChI=1S/C14H22N2O4S/c1-20-14-4-2-3-13(9-14)10-15-21(18,19)16-7-5-12(11-17)6-8-16/h2-4,9,12,15,17H,5-8,10-11H2,1H3. The number of ether oxygens (including phenoxy) is 1. The molecule has 0 bridgehead atoms. The van der Waals surface area contributed by atoms with E-state index in [0.717, 1.165) is 5.56 Å². The normalized spacial score (nSPS) is 17.8. The number of hydrogen-bond donors (Lipinski definition) is 2. The molecule has 1 aliphatic rings. The van der Waals surface area contributed by atoms with Crippen LogP contribution in [0.2, 0.25) is 0 Å². The van der Waals surface area contributed by atoms with Gasteiger partial charge in [-0.15, -0.1) is 0 Å². The molecule has 1 aromatic carbocycles. The first kappa shape index (κ1) is 16.2. The molecule has 1 fully saturated rings. The molecule has 6 nitrogen and oxygen atoms in total. The van der Waals surface area contributed by atoms with Crippen LogP contribution in [-0.4, -0.2) is 44.6 Å². The van der Waals surface area contributed by atoms with Gasteiger partial charge in [-0.05, 0) is 36.5 Å². The second kappa shape index (κ2) is 7.22. The van der Waals surface area contributed by atoms with Gasteiger partial charge in [0.1, 0.15) is 5.75 Å². The summed E-state index contributed by atoms with van der Waals surface area (Å²) in [5, 5.41) is 9.09. The molecule has 0 aromatic heterocycles. The van der Waals surface area contributed by atoms with Gasteiger partial charge in [0.05, 0.1) is 7.11 Å². The van der Waals surface area contributed by atoms with Crippen molar-refractivity contribution >= 4 is 10.2 Å². The van der Waals surface area contributed by atoms with Gasteiger partial charge in [0, 0.05) is 26.2 Å². The molecule has 1 heterocycles. The molecule has 118 valence electrons.